The molecule has 18 heavy (non-hydrogen) atoms. The Morgan fingerprint density at radius 3 is 2.78 bits per heavy atom. The van der Waals surface area contributed by atoms with Gasteiger partial charge in [0, 0.05) is 39.8 Å². The van der Waals surface area contributed by atoms with Crippen molar-refractivity contribution in [3.8, 4) is 5.75 Å². The van der Waals surface area contributed by atoms with Gasteiger partial charge in [-0.3, -0.25) is 0 Å². The summed E-state index contributed by atoms with van der Waals surface area (Å²) in [6.07, 6.45) is 6.55. The minimum absolute atomic E-state index is 0. The van der Waals surface area contributed by atoms with Crippen LogP contribution in [0.1, 0.15) is 5.56 Å². The topological polar surface area (TPSA) is 12.5 Å². The number of methoxy groups -OCH3 is 1. The second kappa shape index (κ2) is 6.30. The minimum Gasteiger partial charge on any atom is -0.509 e. The fraction of sp³-hybridized carbons (Fsp3) is 0.143. The molecule has 0 atom stereocenters. The second-order valence-corrected chi connectivity index (χ2v) is 3.69. The van der Waals surface area contributed by atoms with E-state index in [1.54, 1.807) is 23.1 Å². The number of benzene rings is 1. The molecule has 0 spiro atoms. The molecule has 4 heteroatoms. The number of ether oxygens (including phenoxy) is 1. The van der Waals surface area contributed by atoms with E-state index in [1.165, 1.54) is 13.2 Å². The van der Waals surface area contributed by atoms with Gasteiger partial charge in [-0.15, -0.1) is 6.08 Å². The minimum atomic E-state index is -0.332. The zero-order chi connectivity index (χ0) is 12.4. The molecule has 1 radical (unpaired) electrons. The maximum atomic E-state index is 13.9. The number of rotatable bonds is 2. The number of halogens is 1. The number of likely N-dealkylation sites (N-methyl/N-ethyl adjacent to an activating group) is 1. The van der Waals surface area contributed by atoms with Crippen LogP contribution < -0.4 is 4.74 Å². The van der Waals surface area contributed by atoms with Gasteiger partial charge in [0.15, 0.2) is 0 Å². The predicted molar refractivity (Wildman–Crippen MR) is 65.6 cm³/mol. The van der Waals surface area contributed by atoms with Crippen molar-refractivity contribution in [3.63, 3.8) is 0 Å². The molecular formula is C14H13FNOY-. The van der Waals surface area contributed by atoms with E-state index in [2.05, 4.69) is 12.7 Å². The fourth-order valence-electron chi connectivity index (χ4n) is 1.71. The van der Waals surface area contributed by atoms with Crippen LogP contribution in [0, 0.1) is 11.9 Å². The molecule has 1 aromatic rings. The van der Waals surface area contributed by atoms with E-state index < -0.39 is 0 Å². The van der Waals surface area contributed by atoms with Crippen molar-refractivity contribution in [3.05, 3.63) is 60.1 Å². The summed E-state index contributed by atoms with van der Waals surface area (Å²) in [5.74, 6) is 0.157. The Morgan fingerprint density at radius 2 is 2.11 bits per heavy atom. The van der Waals surface area contributed by atoms with Crippen molar-refractivity contribution < 1.29 is 41.8 Å². The van der Waals surface area contributed by atoms with Crippen LogP contribution in [0.3, 0.4) is 0 Å². The molecule has 2 nitrogen and oxygen atoms in total. The molecule has 0 N–H and O–H groups in total. The van der Waals surface area contributed by atoms with Gasteiger partial charge >= 0.3 is 0 Å². The summed E-state index contributed by atoms with van der Waals surface area (Å²) >= 11 is 0. The van der Waals surface area contributed by atoms with Crippen molar-refractivity contribution >= 4 is 5.70 Å². The standard InChI is InChI=1S/C14H13FNO.Y/c1-10-6-4-8-12(16(10)2)14-11(15)7-5-9-13(14)17-3;/h4-7,9H,1H2,2-3H3;/q-1;. The van der Waals surface area contributed by atoms with E-state index in [9.17, 15) is 4.39 Å². The third-order valence-electron chi connectivity index (χ3n) is 2.69. The van der Waals surface area contributed by atoms with Crippen molar-refractivity contribution in [2.24, 2.45) is 0 Å². The Hall–Kier alpha value is -0.926. The molecule has 0 amide bonds. The normalized spacial score (nSPS) is 14.1. The third kappa shape index (κ3) is 2.73. The molecule has 0 aromatic heterocycles. The Morgan fingerprint density at radius 1 is 1.39 bits per heavy atom. The monoisotopic (exact) mass is 319 g/mol. The zero-order valence-corrected chi connectivity index (χ0v) is 13.2. The molecule has 2 rings (SSSR count). The fourth-order valence-corrected chi connectivity index (χ4v) is 1.71. The summed E-state index contributed by atoms with van der Waals surface area (Å²) in [7, 11) is 3.34. The Bertz CT molecular complexity index is 523. The zero-order valence-electron chi connectivity index (χ0n) is 10.4. The first kappa shape index (κ1) is 15.1. The largest absolute Gasteiger partial charge is 0.509 e. The number of hydrogen-bond acceptors (Lipinski definition) is 2. The number of nitrogens with zero attached hydrogens (tertiary/aromatic N) is 1. The molecule has 0 aliphatic carbocycles. The van der Waals surface area contributed by atoms with Gasteiger partial charge < -0.3 is 9.64 Å². The summed E-state index contributed by atoms with van der Waals surface area (Å²) in [4.78, 5) is 1.78. The Balaban J connectivity index is 0.00000162. The molecule has 0 fully saturated rings. The average Bonchev–Trinajstić information content (AvgIpc) is 2.33. The number of allylic oxidation sites excluding steroid dienone is 3. The van der Waals surface area contributed by atoms with Crippen molar-refractivity contribution in [1.29, 1.82) is 0 Å². The Labute approximate surface area is 132 Å². The van der Waals surface area contributed by atoms with Gasteiger partial charge in [-0.25, -0.2) is 4.39 Å². The van der Waals surface area contributed by atoms with Crippen molar-refractivity contribution in [1.82, 2.24) is 4.90 Å². The van der Waals surface area contributed by atoms with Crippen LogP contribution in [0.2, 0.25) is 0 Å². The predicted octanol–water partition coefficient (Wildman–Crippen LogP) is 2.99. The molecule has 0 unspecified atom stereocenters. The van der Waals surface area contributed by atoms with E-state index in [0.29, 0.717) is 17.0 Å². The van der Waals surface area contributed by atoms with E-state index in [1.807, 2.05) is 13.1 Å². The molecular weight excluding hydrogens is 306 g/mol. The molecule has 1 heterocycles. The molecule has 0 saturated heterocycles. The van der Waals surface area contributed by atoms with E-state index >= 15 is 0 Å². The number of hydrogen-bond donors (Lipinski definition) is 0. The van der Waals surface area contributed by atoms with E-state index in [0.717, 1.165) is 5.70 Å². The Kier molecular flexibility index (Phi) is 5.30. The quantitative estimate of drug-likeness (QED) is 0.777. The van der Waals surface area contributed by atoms with Crippen LogP contribution in [0.4, 0.5) is 4.39 Å². The summed E-state index contributed by atoms with van der Waals surface area (Å²) in [5.41, 5.74) is 1.81. The van der Waals surface area contributed by atoms with Crippen LogP contribution in [0.15, 0.2) is 42.6 Å². The van der Waals surface area contributed by atoms with Crippen LogP contribution in [-0.4, -0.2) is 19.1 Å². The molecule has 0 saturated carbocycles. The van der Waals surface area contributed by atoms with Crippen LogP contribution in [-0.2, 0) is 32.7 Å². The molecule has 1 aliphatic heterocycles. The maximum absolute atomic E-state index is 13.9. The van der Waals surface area contributed by atoms with Gasteiger partial charge in [-0.1, -0.05) is 18.3 Å². The van der Waals surface area contributed by atoms with Crippen molar-refractivity contribution in [2.75, 3.05) is 14.2 Å². The summed E-state index contributed by atoms with van der Waals surface area (Å²) in [6.45, 7) is 3.87. The summed E-state index contributed by atoms with van der Waals surface area (Å²) in [5, 5.41) is 0. The molecule has 0 bridgehead atoms. The van der Waals surface area contributed by atoms with Gasteiger partial charge in [0.2, 0.25) is 0 Å². The molecule has 1 aromatic carbocycles. The molecule has 91 valence electrons. The van der Waals surface area contributed by atoms with Crippen LogP contribution in [0.25, 0.3) is 5.70 Å². The van der Waals surface area contributed by atoms with Gasteiger partial charge in [-0.2, -0.15) is 12.2 Å². The van der Waals surface area contributed by atoms with Crippen LogP contribution >= 0.6 is 0 Å². The summed E-state index contributed by atoms with van der Waals surface area (Å²) in [6, 6.07) is 4.75. The average molecular weight is 319 g/mol. The van der Waals surface area contributed by atoms with E-state index in [4.69, 9.17) is 4.74 Å². The van der Waals surface area contributed by atoms with Gasteiger partial charge in [0.1, 0.15) is 0 Å². The third-order valence-corrected chi connectivity index (χ3v) is 2.69. The van der Waals surface area contributed by atoms with Crippen molar-refractivity contribution in [2.45, 2.75) is 0 Å². The van der Waals surface area contributed by atoms with Gasteiger partial charge in [-0.05, 0) is 23.4 Å². The molecule has 1 aliphatic rings. The SMILES string of the molecule is C=C1C=C[C-]=C(c2c(F)cccc2OC)N1C.[Y]. The first-order chi connectivity index (χ1) is 8.15. The maximum Gasteiger partial charge on any atom is 0.0817 e. The second-order valence-electron chi connectivity index (χ2n) is 3.69. The first-order valence-electron chi connectivity index (χ1n) is 5.20. The first-order valence-corrected chi connectivity index (χ1v) is 5.20. The van der Waals surface area contributed by atoms with Crippen LogP contribution in [0.5, 0.6) is 5.75 Å². The summed E-state index contributed by atoms with van der Waals surface area (Å²) < 4.78 is 19.1. The van der Waals surface area contributed by atoms with Gasteiger partial charge in [0.05, 0.1) is 18.7 Å². The smallest absolute Gasteiger partial charge is 0.0817 e. The van der Waals surface area contributed by atoms with Gasteiger partial charge in [0.25, 0.3) is 0 Å². The van der Waals surface area contributed by atoms with E-state index in [-0.39, 0.29) is 38.5 Å².